The van der Waals surface area contributed by atoms with E-state index in [1.165, 1.54) is 0 Å². The van der Waals surface area contributed by atoms with Crippen LogP contribution in [0.3, 0.4) is 0 Å². The number of nitrogens with two attached hydrogens (primary N) is 1. The Morgan fingerprint density at radius 1 is 1.50 bits per heavy atom. The second-order valence-electron chi connectivity index (χ2n) is 4.73. The molecule has 0 saturated heterocycles. The average molecular weight is 227 g/mol. The van der Waals surface area contributed by atoms with Crippen LogP contribution in [0.5, 0.6) is 0 Å². The number of nitrogens with one attached hydrogen (secondary N) is 1. The van der Waals surface area contributed by atoms with Gasteiger partial charge in [-0.1, -0.05) is 0 Å². The van der Waals surface area contributed by atoms with Gasteiger partial charge in [0, 0.05) is 23.1 Å². The molecule has 1 fully saturated rings. The van der Waals surface area contributed by atoms with Gasteiger partial charge in [-0.15, -0.1) is 0 Å². The molecular weight excluding hydrogens is 216 g/mol. The Kier molecular flexibility index (Phi) is 1.59. The number of halogens is 2. The zero-order valence-corrected chi connectivity index (χ0v) is 8.52. The highest BCUT2D eigenvalue weighted by atomic mass is 19.3. The van der Waals surface area contributed by atoms with Gasteiger partial charge in [0.05, 0.1) is 0 Å². The van der Waals surface area contributed by atoms with E-state index >= 15 is 0 Å². The van der Waals surface area contributed by atoms with E-state index in [1.807, 2.05) is 0 Å². The van der Waals surface area contributed by atoms with E-state index in [0.717, 1.165) is 5.69 Å². The number of alkyl halides is 2. The molecule has 2 aliphatic carbocycles. The third-order valence-corrected chi connectivity index (χ3v) is 3.77. The lowest BCUT2D eigenvalue weighted by Crippen LogP contribution is -2.23. The highest BCUT2D eigenvalue weighted by molar-refractivity contribution is 5.92. The smallest absolute Gasteiger partial charge is 0.269 e. The Bertz CT molecular complexity index is 482. The number of aromatic amines is 1. The number of aromatic nitrogens is 2. The van der Waals surface area contributed by atoms with Gasteiger partial charge in [-0.3, -0.25) is 9.89 Å². The van der Waals surface area contributed by atoms with E-state index < -0.39 is 17.2 Å². The molecule has 1 heterocycles. The summed E-state index contributed by atoms with van der Waals surface area (Å²) >= 11 is 0. The van der Waals surface area contributed by atoms with Crippen molar-refractivity contribution in [2.24, 2.45) is 11.1 Å². The number of H-pyrrole nitrogens is 1. The SMILES string of the molecule is NC(=O)c1n[nH]c2c1CC1(CC2)CC1(F)F. The number of carbonyl (C=O) groups excluding carboxylic acids is 1. The van der Waals surface area contributed by atoms with Crippen molar-refractivity contribution in [2.45, 2.75) is 31.6 Å². The molecule has 3 N–H and O–H groups in total. The summed E-state index contributed by atoms with van der Waals surface area (Å²) in [5.41, 5.74) is 5.71. The number of fused-ring (bicyclic) bond motifs is 1. The summed E-state index contributed by atoms with van der Waals surface area (Å²) in [6.07, 6.45) is 1.10. The Morgan fingerprint density at radius 2 is 2.19 bits per heavy atom. The van der Waals surface area contributed by atoms with Crippen LogP contribution in [-0.2, 0) is 12.8 Å². The molecule has 6 heteroatoms. The van der Waals surface area contributed by atoms with E-state index in [9.17, 15) is 13.6 Å². The van der Waals surface area contributed by atoms with Crippen LogP contribution in [0.2, 0.25) is 0 Å². The van der Waals surface area contributed by atoms with Crippen molar-refractivity contribution in [3.05, 3.63) is 17.0 Å². The highest BCUT2D eigenvalue weighted by Gasteiger charge is 2.71. The van der Waals surface area contributed by atoms with Crippen LogP contribution in [0.4, 0.5) is 8.78 Å². The largest absolute Gasteiger partial charge is 0.364 e. The van der Waals surface area contributed by atoms with Crippen molar-refractivity contribution in [2.75, 3.05) is 0 Å². The molecule has 1 saturated carbocycles. The third kappa shape index (κ3) is 1.07. The van der Waals surface area contributed by atoms with E-state index in [2.05, 4.69) is 10.2 Å². The van der Waals surface area contributed by atoms with Gasteiger partial charge in [-0.25, -0.2) is 8.78 Å². The van der Waals surface area contributed by atoms with E-state index in [0.29, 0.717) is 18.4 Å². The minimum atomic E-state index is -2.59. The minimum absolute atomic E-state index is 0.0805. The molecule has 1 spiro atoms. The van der Waals surface area contributed by atoms with Gasteiger partial charge in [0.2, 0.25) is 0 Å². The quantitative estimate of drug-likeness (QED) is 0.751. The van der Waals surface area contributed by atoms with Crippen LogP contribution in [0, 0.1) is 5.41 Å². The summed E-state index contributed by atoms with van der Waals surface area (Å²) in [4.78, 5) is 11.1. The topological polar surface area (TPSA) is 71.8 Å². The van der Waals surface area contributed by atoms with Gasteiger partial charge in [0.1, 0.15) is 0 Å². The standard InChI is InChI=1S/C10H11F2N3O/c11-10(12)4-9(10)2-1-6-5(3-9)7(8(13)16)15-14-6/h1-4H2,(H2,13,16)(H,14,15). The number of nitrogens with zero attached hydrogens (tertiary/aromatic N) is 1. The van der Waals surface area contributed by atoms with Crippen LogP contribution in [0.25, 0.3) is 0 Å². The number of aryl methyl sites for hydroxylation is 1. The second-order valence-corrected chi connectivity index (χ2v) is 4.73. The van der Waals surface area contributed by atoms with Crippen LogP contribution < -0.4 is 5.73 Å². The molecule has 0 aliphatic heterocycles. The molecule has 1 amide bonds. The second kappa shape index (κ2) is 2.61. The highest BCUT2D eigenvalue weighted by Crippen LogP contribution is 2.66. The molecule has 1 unspecified atom stereocenters. The first-order valence-electron chi connectivity index (χ1n) is 5.19. The fourth-order valence-electron chi connectivity index (χ4n) is 2.64. The van der Waals surface area contributed by atoms with Gasteiger partial charge >= 0.3 is 0 Å². The monoisotopic (exact) mass is 227 g/mol. The van der Waals surface area contributed by atoms with E-state index in [-0.39, 0.29) is 18.5 Å². The predicted octanol–water partition coefficient (Wildman–Crippen LogP) is 1.02. The lowest BCUT2D eigenvalue weighted by Gasteiger charge is -2.21. The summed E-state index contributed by atoms with van der Waals surface area (Å²) < 4.78 is 26.5. The minimum Gasteiger partial charge on any atom is -0.364 e. The lowest BCUT2D eigenvalue weighted by atomic mass is 9.83. The normalized spacial score (nSPS) is 30.1. The van der Waals surface area contributed by atoms with Crippen molar-refractivity contribution in [1.82, 2.24) is 10.2 Å². The van der Waals surface area contributed by atoms with Crippen LogP contribution in [0.15, 0.2) is 0 Å². The average Bonchev–Trinajstić information content (AvgIpc) is 2.59. The maximum absolute atomic E-state index is 13.3. The zero-order chi connectivity index (χ0) is 11.6. The number of hydrogen-bond acceptors (Lipinski definition) is 2. The Balaban J connectivity index is 1.99. The maximum Gasteiger partial charge on any atom is 0.269 e. The van der Waals surface area contributed by atoms with Gasteiger partial charge in [0.15, 0.2) is 5.69 Å². The summed E-state index contributed by atoms with van der Waals surface area (Å²) in [5.74, 6) is -3.24. The summed E-state index contributed by atoms with van der Waals surface area (Å²) in [6.45, 7) is 0. The van der Waals surface area contributed by atoms with Crippen molar-refractivity contribution in [1.29, 1.82) is 0 Å². The van der Waals surface area contributed by atoms with Crippen molar-refractivity contribution >= 4 is 5.91 Å². The molecule has 3 rings (SSSR count). The predicted molar refractivity (Wildman–Crippen MR) is 51.1 cm³/mol. The van der Waals surface area contributed by atoms with Gasteiger partial charge in [-0.2, -0.15) is 5.10 Å². The fourth-order valence-corrected chi connectivity index (χ4v) is 2.64. The molecule has 4 nitrogen and oxygen atoms in total. The molecule has 0 radical (unpaired) electrons. The molecule has 1 aromatic rings. The van der Waals surface area contributed by atoms with Gasteiger partial charge < -0.3 is 5.73 Å². The maximum atomic E-state index is 13.3. The first-order chi connectivity index (χ1) is 7.45. The summed E-state index contributed by atoms with van der Waals surface area (Å²) in [5, 5.41) is 6.50. The summed E-state index contributed by atoms with van der Waals surface area (Å²) in [7, 11) is 0. The Morgan fingerprint density at radius 3 is 2.75 bits per heavy atom. The molecular formula is C10H11F2N3O. The molecule has 0 aromatic carbocycles. The molecule has 1 atom stereocenters. The Labute approximate surface area is 90.2 Å². The molecule has 86 valence electrons. The first kappa shape index (κ1) is 9.74. The molecule has 0 bridgehead atoms. The van der Waals surface area contributed by atoms with Crippen molar-refractivity contribution < 1.29 is 13.6 Å². The van der Waals surface area contributed by atoms with Gasteiger partial charge in [0.25, 0.3) is 11.8 Å². The molecule has 16 heavy (non-hydrogen) atoms. The number of hydrogen-bond donors (Lipinski definition) is 2. The number of amides is 1. The number of primary amides is 1. The molecule has 2 aliphatic rings. The van der Waals surface area contributed by atoms with Crippen molar-refractivity contribution in [3.8, 4) is 0 Å². The van der Waals surface area contributed by atoms with Crippen LogP contribution >= 0.6 is 0 Å². The van der Waals surface area contributed by atoms with Gasteiger partial charge in [-0.05, 0) is 19.3 Å². The van der Waals surface area contributed by atoms with E-state index in [1.54, 1.807) is 0 Å². The Hall–Kier alpha value is -1.46. The van der Waals surface area contributed by atoms with Crippen LogP contribution in [0.1, 0.15) is 34.6 Å². The fraction of sp³-hybridized carbons (Fsp3) is 0.600. The summed E-state index contributed by atoms with van der Waals surface area (Å²) in [6, 6.07) is 0. The third-order valence-electron chi connectivity index (χ3n) is 3.77. The molecule has 1 aromatic heterocycles. The zero-order valence-electron chi connectivity index (χ0n) is 8.52. The lowest BCUT2D eigenvalue weighted by molar-refractivity contribution is 0.0577. The number of rotatable bonds is 1. The van der Waals surface area contributed by atoms with E-state index in [4.69, 9.17) is 5.73 Å². The first-order valence-corrected chi connectivity index (χ1v) is 5.19. The van der Waals surface area contributed by atoms with Crippen LogP contribution in [-0.4, -0.2) is 22.0 Å². The number of carbonyl (C=O) groups is 1. The van der Waals surface area contributed by atoms with Crippen molar-refractivity contribution in [3.63, 3.8) is 0 Å².